The summed E-state index contributed by atoms with van der Waals surface area (Å²) in [6.07, 6.45) is 14.1. The molecule has 1 aromatic carbocycles. The summed E-state index contributed by atoms with van der Waals surface area (Å²) in [5, 5.41) is 3.77. The van der Waals surface area contributed by atoms with E-state index in [0.29, 0.717) is 17.5 Å². The van der Waals surface area contributed by atoms with Crippen molar-refractivity contribution in [1.29, 1.82) is 0 Å². The van der Waals surface area contributed by atoms with Crippen LogP contribution in [0.1, 0.15) is 51.5 Å². The van der Waals surface area contributed by atoms with Crippen LogP contribution in [0.5, 0.6) is 11.5 Å². The third-order valence-electron chi connectivity index (χ3n) is 7.63. The van der Waals surface area contributed by atoms with Crippen LogP contribution in [0.2, 0.25) is 0 Å². The maximum atomic E-state index is 13.6. The number of ether oxygens (including phenoxy) is 2. The summed E-state index contributed by atoms with van der Waals surface area (Å²) in [7, 11) is 3.27. The molecule has 1 atom stereocenters. The Bertz CT molecular complexity index is 1100. The minimum absolute atomic E-state index is 0.0113. The van der Waals surface area contributed by atoms with E-state index in [-0.39, 0.29) is 11.8 Å². The molecular weight excluding hydrogens is 438 g/mol. The van der Waals surface area contributed by atoms with Crippen LogP contribution >= 0.6 is 0 Å². The van der Waals surface area contributed by atoms with Crippen molar-refractivity contribution in [3.05, 3.63) is 65.2 Å². The van der Waals surface area contributed by atoms with Crippen molar-refractivity contribution < 1.29 is 14.3 Å². The van der Waals surface area contributed by atoms with Gasteiger partial charge < -0.3 is 19.7 Å². The SMILES string of the molecule is COc1ccc(C2=CC(=O)N3C=C(N4CCC(NC5CC5)CC4)C=C(C)C3=CCC2C)cc1OC. The number of piperidine rings is 1. The lowest BCUT2D eigenvalue weighted by Crippen LogP contribution is -2.43. The Balaban J connectivity index is 1.39. The van der Waals surface area contributed by atoms with Crippen molar-refractivity contribution in [2.45, 2.75) is 58.0 Å². The molecule has 1 N–H and O–H groups in total. The second-order valence-corrected chi connectivity index (χ2v) is 10.2. The first-order valence-corrected chi connectivity index (χ1v) is 12.9. The van der Waals surface area contributed by atoms with Crippen LogP contribution in [0, 0.1) is 5.92 Å². The fraction of sp³-hybridized carbons (Fsp3) is 0.483. The molecule has 1 unspecified atom stereocenters. The molecule has 6 nitrogen and oxygen atoms in total. The molecule has 0 spiro atoms. The molecule has 0 aromatic heterocycles. The molecule has 1 saturated heterocycles. The standard InChI is InChI=1S/C29H37N3O3/c1-19-5-9-26-20(2)15-24(31-13-11-23(12-14-31)30-22-7-8-22)18-32(26)29(33)17-25(19)21-6-10-27(34-3)28(16-21)35-4/h6,9-10,15-19,22-23,30H,5,7-8,11-14H2,1-4H3. The third kappa shape index (κ3) is 5.03. The minimum Gasteiger partial charge on any atom is -0.493 e. The molecule has 3 aliphatic heterocycles. The lowest BCUT2D eigenvalue weighted by atomic mass is 9.88. The Labute approximate surface area is 209 Å². The van der Waals surface area contributed by atoms with Crippen molar-refractivity contribution in [2.24, 2.45) is 5.92 Å². The van der Waals surface area contributed by atoms with E-state index in [4.69, 9.17) is 9.47 Å². The van der Waals surface area contributed by atoms with Crippen LogP contribution in [-0.2, 0) is 4.79 Å². The monoisotopic (exact) mass is 475 g/mol. The first kappa shape index (κ1) is 23.7. The van der Waals surface area contributed by atoms with E-state index in [1.165, 1.54) is 12.8 Å². The number of methoxy groups -OCH3 is 2. The largest absolute Gasteiger partial charge is 0.493 e. The van der Waals surface area contributed by atoms with E-state index in [1.807, 2.05) is 29.3 Å². The fourth-order valence-electron chi connectivity index (χ4n) is 5.37. The summed E-state index contributed by atoms with van der Waals surface area (Å²) >= 11 is 0. The number of carbonyl (C=O) groups is 1. The highest BCUT2D eigenvalue weighted by Crippen LogP contribution is 2.37. The molecule has 0 bridgehead atoms. The van der Waals surface area contributed by atoms with Crippen molar-refractivity contribution in [2.75, 3.05) is 27.3 Å². The lowest BCUT2D eigenvalue weighted by molar-refractivity contribution is -0.122. The number of carbonyl (C=O) groups excluding carboxylic acids is 1. The molecule has 5 rings (SSSR count). The Kier molecular flexibility index (Phi) is 6.74. The summed E-state index contributed by atoms with van der Waals surface area (Å²) in [6, 6.07) is 7.25. The van der Waals surface area contributed by atoms with Gasteiger partial charge in [-0.25, -0.2) is 0 Å². The summed E-state index contributed by atoms with van der Waals surface area (Å²) in [5.74, 6) is 1.54. The predicted molar refractivity (Wildman–Crippen MR) is 139 cm³/mol. The van der Waals surface area contributed by atoms with Gasteiger partial charge in [0.25, 0.3) is 5.91 Å². The number of amides is 1. The van der Waals surface area contributed by atoms with Gasteiger partial charge in [0.15, 0.2) is 11.5 Å². The molecule has 186 valence electrons. The van der Waals surface area contributed by atoms with Gasteiger partial charge in [0.05, 0.1) is 19.9 Å². The van der Waals surface area contributed by atoms with E-state index < -0.39 is 0 Å². The smallest absolute Gasteiger partial charge is 0.255 e. The highest BCUT2D eigenvalue weighted by atomic mass is 16.5. The van der Waals surface area contributed by atoms with E-state index in [9.17, 15) is 4.79 Å². The van der Waals surface area contributed by atoms with Crippen molar-refractivity contribution in [1.82, 2.24) is 15.1 Å². The summed E-state index contributed by atoms with van der Waals surface area (Å²) in [5.41, 5.74) is 5.27. The second kappa shape index (κ2) is 9.94. The van der Waals surface area contributed by atoms with Gasteiger partial charge in [-0.15, -0.1) is 0 Å². The predicted octanol–water partition coefficient (Wildman–Crippen LogP) is 4.86. The average Bonchev–Trinajstić information content (AvgIpc) is 3.69. The molecular formula is C29H37N3O3. The van der Waals surface area contributed by atoms with Crippen LogP contribution in [0.25, 0.3) is 5.57 Å². The lowest BCUT2D eigenvalue weighted by Gasteiger charge is -2.38. The summed E-state index contributed by atoms with van der Waals surface area (Å²) in [6.45, 7) is 6.33. The zero-order valence-electron chi connectivity index (χ0n) is 21.3. The van der Waals surface area contributed by atoms with Crippen LogP contribution in [0.15, 0.2) is 59.6 Å². The van der Waals surface area contributed by atoms with Gasteiger partial charge in [0.2, 0.25) is 0 Å². The van der Waals surface area contributed by atoms with E-state index in [1.54, 1.807) is 20.3 Å². The number of likely N-dealkylation sites (tertiary alicyclic amines) is 1. The molecule has 1 aromatic rings. The minimum atomic E-state index is -0.0113. The van der Waals surface area contributed by atoms with Gasteiger partial charge in [0, 0.05) is 43.1 Å². The van der Waals surface area contributed by atoms with Gasteiger partial charge in [-0.2, -0.15) is 0 Å². The van der Waals surface area contributed by atoms with Gasteiger partial charge in [-0.1, -0.05) is 19.1 Å². The number of rotatable bonds is 6. The molecule has 1 saturated carbocycles. The second-order valence-electron chi connectivity index (χ2n) is 10.2. The molecule has 1 aliphatic carbocycles. The Hall–Kier alpha value is -2.99. The van der Waals surface area contributed by atoms with Crippen LogP contribution in [0.4, 0.5) is 0 Å². The fourth-order valence-corrected chi connectivity index (χ4v) is 5.37. The maximum absolute atomic E-state index is 13.6. The number of nitrogens with one attached hydrogen (secondary N) is 1. The zero-order valence-corrected chi connectivity index (χ0v) is 21.3. The van der Waals surface area contributed by atoms with Gasteiger partial charge in [-0.3, -0.25) is 9.69 Å². The Morgan fingerprint density at radius 1 is 0.971 bits per heavy atom. The summed E-state index contributed by atoms with van der Waals surface area (Å²) in [4.78, 5) is 17.9. The molecule has 35 heavy (non-hydrogen) atoms. The van der Waals surface area contributed by atoms with Crippen LogP contribution in [0.3, 0.4) is 0 Å². The molecule has 1 amide bonds. The molecule has 0 radical (unpaired) electrons. The number of fused-ring (bicyclic) bond motifs is 1. The normalized spacial score (nSPS) is 23.4. The Morgan fingerprint density at radius 2 is 1.69 bits per heavy atom. The summed E-state index contributed by atoms with van der Waals surface area (Å²) < 4.78 is 10.9. The number of hydrogen-bond donors (Lipinski definition) is 1. The molecule has 3 heterocycles. The van der Waals surface area contributed by atoms with E-state index >= 15 is 0 Å². The first-order chi connectivity index (χ1) is 17.0. The van der Waals surface area contributed by atoms with Gasteiger partial charge in [-0.05, 0) is 79.9 Å². The number of allylic oxidation sites excluding steroid dienone is 4. The van der Waals surface area contributed by atoms with Gasteiger partial charge >= 0.3 is 0 Å². The third-order valence-corrected chi connectivity index (χ3v) is 7.63. The molecule has 2 fully saturated rings. The van der Waals surface area contributed by atoms with Crippen molar-refractivity contribution in [3.63, 3.8) is 0 Å². The Morgan fingerprint density at radius 3 is 2.37 bits per heavy atom. The highest BCUT2D eigenvalue weighted by Gasteiger charge is 2.30. The molecule has 6 heteroatoms. The number of nitrogens with zero attached hydrogens (tertiary/aromatic N) is 2. The maximum Gasteiger partial charge on any atom is 0.255 e. The van der Waals surface area contributed by atoms with Crippen LogP contribution < -0.4 is 14.8 Å². The topological polar surface area (TPSA) is 54.0 Å². The highest BCUT2D eigenvalue weighted by molar-refractivity contribution is 5.98. The van der Waals surface area contributed by atoms with Crippen molar-refractivity contribution in [3.8, 4) is 11.5 Å². The van der Waals surface area contributed by atoms with E-state index in [0.717, 1.165) is 66.5 Å². The van der Waals surface area contributed by atoms with Crippen molar-refractivity contribution >= 4 is 11.5 Å². The number of benzene rings is 1. The average molecular weight is 476 g/mol. The van der Waals surface area contributed by atoms with E-state index in [2.05, 4.69) is 36.2 Å². The van der Waals surface area contributed by atoms with Gasteiger partial charge in [0.1, 0.15) is 0 Å². The molecule has 4 aliphatic rings. The zero-order chi connectivity index (χ0) is 24.5. The first-order valence-electron chi connectivity index (χ1n) is 12.9. The number of hydrogen-bond acceptors (Lipinski definition) is 5. The van der Waals surface area contributed by atoms with Crippen LogP contribution in [-0.4, -0.2) is 55.1 Å². The quantitative estimate of drug-likeness (QED) is 0.637.